The summed E-state index contributed by atoms with van der Waals surface area (Å²) < 4.78 is 0. The highest BCUT2D eigenvalue weighted by atomic mass is 16.3. The zero-order chi connectivity index (χ0) is 17.1. The van der Waals surface area contributed by atoms with E-state index in [-0.39, 0.29) is 18.3 Å². The fourth-order valence-corrected chi connectivity index (χ4v) is 2.26. The van der Waals surface area contributed by atoms with Crippen LogP contribution in [0.3, 0.4) is 0 Å². The number of amides is 1. The molecule has 1 aliphatic heterocycles. The fourth-order valence-electron chi connectivity index (χ4n) is 2.26. The monoisotopic (exact) mass is 327 g/mol. The molecule has 130 valence electrons. The van der Waals surface area contributed by atoms with Crippen LogP contribution in [0.25, 0.3) is 0 Å². The van der Waals surface area contributed by atoms with E-state index in [9.17, 15) is 4.79 Å². The molecule has 1 fully saturated rings. The molecule has 0 aromatic carbocycles. The van der Waals surface area contributed by atoms with E-state index in [1.165, 1.54) is 0 Å². The molecule has 23 heavy (non-hydrogen) atoms. The topological polar surface area (TPSA) is 140 Å². The number of carboxylic acid groups (broad SMARTS) is 1. The fraction of sp³-hybridized carbons (Fsp3) is 0.692. The number of nitrogens with one attached hydrogen (secondary N) is 2. The van der Waals surface area contributed by atoms with E-state index in [4.69, 9.17) is 15.6 Å². The van der Waals surface area contributed by atoms with Crippen molar-refractivity contribution < 1.29 is 14.7 Å². The van der Waals surface area contributed by atoms with Crippen LogP contribution in [-0.2, 0) is 16.0 Å². The van der Waals surface area contributed by atoms with Crippen molar-refractivity contribution in [2.24, 2.45) is 0 Å². The summed E-state index contributed by atoms with van der Waals surface area (Å²) in [6, 6.07) is 0. The van der Waals surface area contributed by atoms with E-state index in [2.05, 4.69) is 37.3 Å². The lowest BCUT2D eigenvalue weighted by Crippen LogP contribution is -2.39. The Morgan fingerprint density at radius 3 is 2.83 bits per heavy atom. The summed E-state index contributed by atoms with van der Waals surface area (Å²) >= 11 is 0. The molecule has 0 aliphatic carbocycles. The molecule has 0 bridgehead atoms. The molecule has 1 amide bonds. The summed E-state index contributed by atoms with van der Waals surface area (Å²) in [5, 5.41) is 16.2. The maximum absolute atomic E-state index is 11.9. The summed E-state index contributed by atoms with van der Waals surface area (Å²) in [6.07, 6.45) is 1.72. The van der Waals surface area contributed by atoms with Gasteiger partial charge in [-0.05, 0) is 26.6 Å². The van der Waals surface area contributed by atoms with Gasteiger partial charge in [0.25, 0.3) is 6.47 Å². The SMILES string of the molecule is CN1CCCN(CC(=O)NCCc2nc(N)n[nH]2)CC1.O=CO. The first-order valence-corrected chi connectivity index (χ1v) is 7.47. The molecule has 1 aromatic rings. The number of carbonyl (C=O) groups excluding carboxylic acids is 1. The summed E-state index contributed by atoms with van der Waals surface area (Å²) in [7, 11) is 2.12. The Kier molecular flexibility index (Phi) is 8.62. The van der Waals surface area contributed by atoms with Gasteiger partial charge in [-0.2, -0.15) is 4.98 Å². The van der Waals surface area contributed by atoms with Crippen molar-refractivity contribution in [2.45, 2.75) is 12.8 Å². The van der Waals surface area contributed by atoms with Gasteiger partial charge in [0.2, 0.25) is 11.9 Å². The van der Waals surface area contributed by atoms with Gasteiger partial charge in [0.1, 0.15) is 5.82 Å². The van der Waals surface area contributed by atoms with Gasteiger partial charge in [-0.25, -0.2) is 0 Å². The molecule has 1 saturated heterocycles. The summed E-state index contributed by atoms with van der Waals surface area (Å²) in [4.78, 5) is 28.7. The minimum atomic E-state index is -0.250. The molecule has 0 radical (unpaired) electrons. The van der Waals surface area contributed by atoms with E-state index in [1.54, 1.807) is 0 Å². The third-order valence-corrected chi connectivity index (χ3v) is 3.41. The van der Waals surface area contributed by atoms with Crippen LogP contribution < -0.4 is 11.1 Å². The van der Waals surface area contributed by atoms with Gasteiger partial charge in [0, 0.05) is 26.1 Å². The van der Waals surface area contributed by atoms with Crippen LogP contribution in [0.4, 0.5) is 5.95 Å². The number of aromatic amines is 1. The van der Waals surface area contributed by atoms with Gasteiger partial charge in [-0.1, -0.05) is 0 Å². The second-order valence-corrected chi connectivity index (χ2v) is 5.28. The first-order valence-electron chi connectivity index (χ1n) is 7.47. The molecule has 10 heteroatoms. The van der Waals surface area contributed by atoms with Crippen molar-refractivity contribution in [1.82, 2.24) is 30.3 Å². The van der Waals surface area contributed by atoms with Gasteiger partial charge in [-0.3, -0.25) is 19.6 Å². The third-order valence-electron chi connectivity index (χ3n) is 3.41. The van der Waals surface area contributed by atoms with Gasteiger partial charge in [0.05, 0.1) is 6.54 Å². The highest BCUT2D eigenvalue weighted by molar-refractivity contribution is 5.78. The Bertz CT molecular complexity index is 480. The zero-order valence-corrected chi connectivity index (χ0v) is 13.4. The molecular weight excluding hydrogens is 302 g/mol. The van der Waals surface area contributed by atoms with Crippen LogP contribution in [0.15, 0.2) is 0 Å². The third kappa shape index (κ3) is 8.12. The second kappa shape index (κ2) is 10.5. The van der Waals surface area contributed by atoms with Crippen molar-refractivity contribution in [3.05, 3.63) is 5.82 Å². The maximum Gasteiger partial charge on any atom is 0.290 e. The Labute approximate surface area is 135 Å². The number of likely N-dealkylation sites (N-methyl/N-ethyl adjacent to an activating group) is 1. The van der Waals surface area contributed by atoms with Crippen LogP contribution in [0.2, 0.25) is 0 Å². The summed E-state index contributed by atoms with van der Waals surface area (Å²) in [5.41, 5.74) is 5.41. The summed E-state index contributed by atoms with van der Waals surface area (Å²) in [6.45, 7) is 4.81. The lowest BCUT2D eigenvalue weighted by molar-refractivity contribution is -0.123. The number of hydrogen-bond donors (Lipinski definition) is 4. The van der Waals surface area contributed by atoms with Gasteiger partial charge >= 0.3 is 0 Å². The van der Waals surface area contributed by atoms with Gasteiger partial charge in [0.15, 0.2) is 0 Å². The lowest BCUT2D eigenvalue weighted by atomic mass is 10.3. The number of nitrogens with two attached hydrogens (primary N) is 1. The Morgan fingerprint density at radius 1 is 1.43 bits per heavy atom. The highest BCUT2D eigenvalue weighted by Crippen LogP contribution is 2.00. The molecule has 2 heterocycles. The van der Waals surface area contributed by atoms with Gasteiger partial charge in [-0.15, -0.1) is 5.10 Å². The normalized spacial score (nSPS) is 16.0. The van der Waals surface area contributed by atoms with E-state index in [1.807, 2.05) is 0 Å². The van der Waals surface area contributed by atoms with Crippen molar-refractivity contribution in [3.8, 4) is 0 Å². The van der Waals surface area contributed by atoms with Crippen LogP contribution in [-0.4, -0.2) is 88.8 Å². The average Bonchev–Trinajstić information content (AvgIpc) is 2.80. The van der Waals surface area contributed by atoms with E-state index in [0.29, 0.717) is 25.3 Å². The Morgan fingerprint density at radius 2 is 2.17 bits per heavy atom. The molecule has 2 rings (SSSR count). The number of aromatic nitrogens is 3. The zero-order valence-electron chi connectivity index (χ0n) is 13.4. The predicted octanol–water partition coefficient (Wildman–Crippen LogP) is -1.62. The Balaban J connectivity index is 0.000000816. The number of rotatable bonds is 5. The second-order valence-electron chi connectivity index (χ2n) is 5.28. The standard InChI is InChI=1S/C12H23N7O.CH2O2/c1-18-5-2-6-19(8-7-18)9-11(20)14-4-3-10-15-12(13)17-16-10;2-1-3/h2-9H2,1H3,(H,14,20)(H3,13,15,16,17);1H,(H,2,3). The van der Waals surface area contributed by atoms with E-state index < -0.39 is 0 Å². The van der Waals surface area contributed by atoms with Crippen LogP contribution in [0.5, 0.6) is 0 Å². The minimum absolute atomic E-state index is 0.0574. The Hall–Kier alpha value is -2.20. The first-order chi connectivity index (χ1) is 11.0. The number of anilines is 1. The average molecular weight is 327 g/mol. The molecule has 0 atom stereocenters. The molecule has 1 aliphatic rings. The maximum atomic E-state index is 11.9. The van der Waals surface area contributed by atoms with Crippen LogP contribution in [0, 0.1) is 0 Å². The largest absolute Gasteiger partial charge is 0.483 e. The smallest absolute Gasteiger partial charge is 0.290 e. The van der Waals surface area contributed by atoms with Crippen molar-refractivity contribution in [2.75, 3.05) is 52.0 Å². The number of carbonyl (C=O) groups is 2. The molecule has 0 unspecified atom stereocenters. The van der Waals surface area contributed by atoms with Crippen LogP contribution >= 0.6 is 0 Å². The molecule has 1 aromatic heterocycles. The lowest BCUT2D eigenvalue weighted by Gasteiger charge is -2.19. The van der Waals surface area contributed by atoms with Crippen molar-refractivity contribution in [3.63, 3.8) is 0 Å². The van der Waals surface area contributed by atoms with Crippen molar-refractivity contribution in [1.29, 1.82) is 0 Å². The molecule has 10 nitrogen and oxygen atoms in total. The van der Waals surface area contributed by atoms with Crippen molar-refractivity contribution >= 4 is 18.3 Å². The number of H-pyrrole nitrogens is 1. The quantitative estimate of drug-likeness (QED) is 0.473. The molecule has 0 spiro atoms. The molecule has 5 N–H and O–H groups in total. The first kappa shape index (κ1) is 18.8. The summed E-state index contributed by atoms with van der Waals surface area (Å²) in [5.74, 6) is 0.987. The molecule has 0 saturated carbocycles. The van der Waals surface area contributed by atoms with E-state index in [0.717, 1.165) is 32.6 Å². The van der Waals surface area contributed by atoms with Gasteiger partial charge < -0.3 is 21.1 Å². The van der Waals surface area contributed by atoms with E-state index >= 15 is 0 Å². The highest BCUT2D eigenvalue weighted by Gasteiger charge is 2.14. The predicted molar refractivity (Wildman–Crippen MR) is 84.8 cm³/mol. The number of nitrogen functional groups attached to an aromatic ring is 1. The van der Waals surface area contributed by atoms with Crippen LogP contribution in [0.1, 0.15) is 12.2 Å². The molecular formula is C13H25N7O3. The number of hydrogen-bond acceptors (Lipinski definition) is 7. The number of nitrogens with zero attached hydrogens (tertiary/aromatic N) is 4. The minimum Gasteiger partial charge on any atom is -0.483 e.